The second-order valence-electron chi connectivity index (χ2n) is 7.56. The van der Waals surface area contributed by atoms with Crippen molar-refractivity contribution >= 4 is 5.91 Å². The van der Waals surface area contributed by atoms with Gasteiger partial charge in [-0.05, 0) is 44.8 Å². The maximum Gasteiger partial charge on any atom is 0.236 e. The van der Waals surface area contributed by atoms with E-state index in [0.29, 0.717) is 19.5 Å². The van der Waals surface area contributed by atoms with Crippen LogP contribution in [-0.2, 0) is 4.79 Å². The number of carbonyl (C=O) groups is 1. The van der Waals surface area contributed by atoms with Gasteiger partial charge in [0.1, 0.15) is 0 Å². The largest absolute Gasteiger partial charge is 0.393 e. The molecule has 1 atom stereocenters. The summed E-state index contributed by atoms with van der Waals surface area (Å²) in [4.78, 5) is 19.2. The fraction of sp³-hybridized carbons (Fsp3) is 0.938. The molecule has 0 aliphatic carbocycles. The van der Waals surface area contributed by atoms with Gasteiger partial charge < -0.3 is 14.9 Å². The van der Waals surface area contributed by atoms with Gasteiger partial charge in [-0.15, -0.1) is 0 Å². The number of likely N-dealkylation sites (N-methyl/N-ethyl adjacent to an activating group) is 1. The van der Waals surface area contributed by atoms with Crippen LogP contribution >= 0.6 is 0 Å². The first-order chi connectivity index (χ1) is 9.85. The number of rotatable bonds is 2. The summed E-state index contributed by atoms with van der Waals surface area (Å²) in [6.45, 7) is 10.4. The van der Waals surface area contributed by atoms with Crippen molar-refractivity contribution in [1.82, 2.24) is 14.7 Å². The molecular formula is C16H31N3O2. The zero-order valence-electron chi connectivity index (χ0n) is 13.8. The molecule has 2 aliphatic rings. The van der Waals surface area contributed by atoms with E-state index >= 15 is 0 Å². The summed E-state index contributed by atoms with van der Waals surface area (Å²) in [5.41, 5.74) is 0.00455. The summed E-state index contributed by atoms with van der Waals surface area (Å²) in [6, 6.07) is 0. The molecule has 0 saturated carbocycles. The van der Waals surface area contributed by atoms with E-state index in [4.69, 9.17) is 0 Å². The van der Waals surface area contributed by atoms with Crippen LogP contribution in [0.15, 0.2) is 0 Å². The molecule has 122 valence electrons. The van der Waals surface area contributed by atoms with Gasteiger partial charge in [-0.2, -0.15) is 0 Å². The molecular weight excluding hydrogens is 266 g/mol. The predicted octanol–water partition coefficient (Wildman–Crippen LogP) is 0.633. The van der Waals surface area contributed by atoms with Gasteiger partial charge in [0.05, 0.1) is 12.6 Å². The van der Waals surface area contributed by atoms with Crippen LogP contribution in [0.25, 0.3) is 0 Å². The molecule has 0 radical (unpaired) electrons. The average molecular weight is 297 g/mol. The smallest absolute Gasteiger partial charge is 0.236 e. The molecule has 0 spiro atoms. The van der Waals surface area contributed by atoms with Crippen LogP contribution in [0.5, 0.6) is 0 Å². The highest BCUT2D eigenvalue weighted by Crippen LogP contribution is 2.28. The van der Waals surface area contributed by atoms with E-state index in [9.17, 15) is 9.90 Å². The third-order valence-electron chi connectivity index (χ3n) is 4.66. The number of likely N-dealkylation sites (tertiary alicyclic amines) is 1. The fourth-order valence-corrected chi connectivity index (χ4v) is 3.47. The van der Waals surface area contributed by atoms with Crippen molar-refractivity contribution in [2.24, 2.45) is 5.41 Å². The van der Waals surface area contributed by atoms with Crippen molar-refractivity contribution in [1.29, 1.82) is 0 Å². The number of amides is 1. The quantitative estimate of drug-likeness (QED) is 0.812. The van der Waals surface area contributed by atoms with E-state index in [-0.39, 0.29) is 17.4 Å². The molecule has 0 aromatic heterocycles. The number of aliphatic hydroxyl groups excluding tert-OH is 1. The van der Waals surface area contributed by atoms with E-state index in [1.165, 1.54) is 0 Å². The first-order valence-corrected chi connectivity index (χ1v) is 8.22. The summed E-state index contributed by atoms with van der Waals surface area (Å²) in [7, 11) is 2.14. The Morgan fingerprint density at radius 3 is 2.71 bits per heavy atom. The SMILES string of the molecule is CN1CCCN(CC(=O)N2CC[C@@H](O)CC(C)(C)C2)CC1. The predicted molar refractivity (Wildman–Crippen MR) is 84.2 cm³/mol. The van der Waals surface area contributed by atoms with E-state index in [0.717, 1.165) is 45.6 Å². The van der Waals surface area contributed by atoms with Gasteiger partial charge in [-0.1, -0.05) is 13.8 Å². The lowest BCUT2D eigenvalue weighted by Crippen LogP contribution is -2.44. The van der Waals surface area contributed by atoms with Crippen LogP contribution in [0.1, 0.15) is 33.1 Å². The third kappa shape index (κ3) is 5.24. The molecule has 5 nitrogen and oxygen atoms in total. The highest BCUT2D eigenvalue weighted by Gasteiger charge is 2.31. The van der Waals surface area contributed by atoms with Crippen molar-refractivity contribution in [3.8, 4) is 0 Å². The first kappa shape index (κ1) is 16.7. The summed E-state index contributed by atoms with van der Waals surface area (Å²) in [6.07, 6.45) is 2.35. The summed E-state index contributed by atoms with van der Waals surface area (Å²) >= 11 is 0. The molecule has 0 aromatic carbocycles. The number of hydrogen-bond donors (Lipinski definition) is 1. The topological polar surface area (TPSA) is 47.0 Å². The van der Waals surface area contributed by atoms with Crippen molar-refractivity contribution in [3.63, 3.8) is 0 Å². The zero-order chi connectivity index (χ0) is 15.5. The average Bonchev–Trinajstić information content (AvgIpc) is 2.66. The Morgan fingerprint density at radius 2 is 1.95 bits per heavy atom. The van der Waals surface area contributed by atoms with Crippen molar-refractivity contribution in [2.75, 3.05) is 52.9 Å². The minimum Gasteiger partial charge on any atom is -0.393 e. The minimum absolute atomic E-state index is 0.00455. The molecule has 5 heteroatoms. The van der Waals surface area contributed by atoms with Gasteiger partial charge in [-0.3, -0.25) is 9.69 Å². The number of hydrogen-bond acceptors (Lipinski definition) is 4. The van der Waals surface area contributed by atoms with Gasteiger partial charge >= 0.3 is 0 Å². The second-order valence-corrected chi connectivity index (χ2v) is 7.56. The molecule has 0 aromatic rings. The standard InChI is InChI=1S/C16H31N3O2/c1-16(2)11-14(20)5-8-19(13-16)15(21)12-18-7-4-6-17(3)9-10-18/h14,20H,4-13H2,1-3H3/t14-/m1/s1. The number of nitrogens with zero attached hydrogens (tertiary/aromatic N) is 3. The highest BCUT2D eigenvalue weighted by atomic mass is 16.3. The molecule has 2 aliphatic heterocycles. The van der Waals surface area contributed by atoms with Crippen molar-refractivity contribution < 1.29 is 9.90 Å². The molecule has 2 saturated heterocycles. The van der Waals surface area contributed by atoms with Crippen LogP contribution in [0.3, 0.4) is 0 Å². The van der Waals surface area contributed by atoms with E-state index in [1.807, 2.05) is 4.90 Å². The Morgan fingerprint density at radius 1 is 1.19 bits per heavy atom. The van der Waals surface area contributed by atoms with Crippen LogP contribution in [-0.4, -0.2) is 84.7 Å². The zero-order valence-corrected chi connectivity index (χ0v) is 13.8. The van der Waals surface area contributed by atoms with Crippen LogP contribution in [0, 0.1) is 5.41 Å². The Hall–Kier alpha value is -0.650. The van der Waals surface area contributed by atoms with Gasteiger partial charge in [0.25, 0.3) is 0 Å². The molecule has 0 unspecified atom stereocenters. The van der Waals surface area contributed by atoms with Crippen LogP contribution in [0.2, 0.25) is 0 Å². The first-order valence-electron chi connectivity index (χ1n) is 8.22. The highest BCUT2D eigenvalue weighted by molar-refractivity contribution is 5.78. The maximum atomic E-state index is 12.6. The molecule has 21 heavy (non-hydrogen) atoms. The molecule has 1 amide bonds. The third-order valence-corrected chi connectivity index (χ3v) is 4.66. The van der Waals surface area contributed by atoms with Gasteiger partial charge in [0.2, 0.25) is 5.91 Å². The molecule has 0 bridgehead atoms. The minimum atomic E-state index is -0.273. The normalized spacial score (nSPS) is 29.0. The van der Waals surface area contributed by atoms with Gasteiger partial charge in [0.15, 0.2) is 0 Å². The summed E-state index contributed by atoms with van der Waals surface area (Å²) in [5.74, 6) is 0.224. The molecule has 1 N–H and O–H groups in total. The fourth-order valence-electron chi connectivity index (χ4n) is 3.47. The number of carbonyl (C=O) groups excluding carboxylic acids is 1. The Balaban J connectivity index is 1.89. The van der Waals surface area contributed by atoms with Crippen molar-refractivity contribution in [2.45, 2.75) is 39.2 Å². The van der Waals surface area contributed by atoms with Gasteiger partial charge in [0, 0.05) is 26.2 Å². The van der Waals surface area contributed by atoms with Crippen LogP contribution in [0.4, 0.5) is 0 Å². The van der Waals surface area contributed by atoms with Crippen LogP contribution < -0.4 is 0 Å². The molecule has 2 rings (SSSR count). The van der Waals surface area contributed by atoms with Gasteiger partial charge in [-0.25, -0.2) is 0 Å². The Labute approximate surface area is 128 Å². The van der Waals surface area contributed by atoms with E-state index < -0.39 is 0 Å². The second kappa shape index (κ2) is 7.07. The lowest BCUT2D eigenvalue weighted by Gasteiger charge is -2.31. The van der Waals surface area contributed by atoms with E-state index in [1.54, 1.807) is 0 Å². The lowest BCUT2D eigenvalue weighted by atomic mass is 9.87. The Kier molecular flexibility index (Phi) is 5.63. The summed E-state index contributed by atoms with van der Waals surface area (Å²) in [5, 5.41) is 9.96. The number of aliphatic hydroxyl groups is 1. The lowest BCUT2D eigenvalue weighted by molar-refractivity contribution is -0.133. The monoisotopic (exact) mass is 297 g/mol. The maximum absolute atomic E-state index is 12.6. The van der Waals surface area contributed by atoms with E-state index in [2.05, 4.69) is 30.7 Å². The van der Waals surface area contributed by atoms with Crippen molar-refractivity contribution in [3.05, 3.63) is 0 Å². The molecule has 2 heterocycles. The Bertz CT molecular complexity index is 359. The molecule has 2 fully saturated rings. The summed E-state index contributed by atoms with van der Waals surface area (Å²) < 4.78 is 0.